The highest BCUT2D eigenvalue weighted by atomic mass is 16.2. The molecule has 1 aromatic carbocycles. The minimum atomic E-state index is 0.238. The van der Waals surface area contributed by atoms with Gasteiger partial charge in [-0.25, -0.2) is 0 Å². The van der Waals surface area contributed by atoms with Crippen LogP contribution >= 0.6 is 0 Å². The van der Waals surface area contributed by atoms with Gasteiger partial charge in [-0.15, -0.1) is 0 Å². The molecule has 2 fully saturated rings. The lowest BCUT2D eigenvalue weighted by molar-refractivity contribution is -0.132. The van der Waals surface area contributed by atoms with Gasteiger partial charge in [-0.2, -0.15) is 5.10 Å². The highest BCUT2D eigenvalue weighted by molar-refractivity contribution is 5.87. The monoisotopic (exact) mass is 312 g/mol. The normalized spacial score (nSPS) is 25.5. The Balaban J connectivity index is 1.52. The van der Waals surface area contributed by atoms with Crippen LogP contribution in [0.25, 0.3) is 10.9 Å². The Labute approximate surface area is 136 Å². The maximum Gasteiger partial charge on any atom is 0.228 e. The second-order valence-corrected chi connectivity index (χ2v) is 6.88. The molecule has 5 heteroatoms. The average Bonchev–Trinajstić information content (AvgIpc) is 3.27. The van der Waals surface area contributed by atoms with Gasteiger partial charge in [0.2, 0.25) is 5.91 Å². The number of para-hydroxylation sites is 1. The van der Waals surface area contributed by atoms with Gasteiger partial charge in [-0.05, 0) is 45.3 Å². The molecule has 1 N–H and O–H groups in total. The number of likely N-dealkylation sites (tertiary alicyclic amines) is 2. The molecule has 2 aliphatic rings. The van der Waals surface area contributed by atoms with E-state index in [2.05, 4.69) is 27.0 Å². The molecule has 0 spiro atoms. The zero-order chi connectivity index (χ0) is 15.8. The van der Waals surface area contributed by atoms with Gasteiger partial charge in [-0.3, -0.25) is 9.89 Å². The number of nitrogens with zero attached hydrogens (tertiary/aromatic N) is 3. The Morgan fingerprint density at radius 1 is 1.22 bits per heavy atom. The first-order valence-electron chi connectivity index (χ1n) is 8.66. The second-order valence-electron chi connectivity index (χ2n) is 6.88. The highest BCUT2D eigenvalue weighted by Gasteiger charge is 2.38. The Bertz CT molecular complexity index is 710. The van der Waals surface area contributed by atoms with Crippen LogP contribution in [-0.2, 0) is 11.2 Å². The van der Waals surface area contributed by atoms with Crippen molar-refractivity contribution in [3.63, 3.8) is 0 Å². The number of fused-ring (bicyclic) bond motifs is 1. The van der Waals surface area contributed by atoms with Crippen LogP contribution in [0.3, 0.4) is 0 Å². The first-order chi connectivity index (χ1) is 11.2. The fourth-order valence-corrected chi connectivity index (χ4v) is 4.33. The van der Waals surface area contributed by atoms with E-state index in [9.17, 15) is 4.79 Å². The lowest BCUT2D eigenvalue weighted by atomic mass is 10.0. The summed E-state index contributed by atoms with van der Waals surface area (Å²) in [6.45, 7) is 2.06. The van der Waals surface area contributed by atoms with Crippen molar-refractivity contribution in [2.75, 3.05) is 20.1 Å². The second kappa shape index (κ2) is 5.96. The molecule has 4 rings (SSSR count). The first kappa shape index (κ1) is 14.7. The molecular formula is C18H24N4O. The number of benzene rings is 1. The fourth-order valence-electron chi connectivity index (χ4n) is 4.33. The average molecular weight is 312 g/mol. The van der Waals surface area contributed by atoms with Crippen molar-refractivity contribution < 1.29 is 4.79 Å². The third kappa shape index (κ3) is 2.63. The predicted molar refractivity (Wildman–Crippen MR) is 90.2 cm³/mol. The van der Waals surface area contributed by atoms with E-state index in [0.29, 0.717) is 18.5 Å². The largest absolute Gasteiger partial charge is 0.338 e. The van der Waals surface area contributed by atoms with E-state index in [1.54, 1.807) is 0 Å². The summed E-state index contributed by atoms with van der Waals surface area (Å²) >= 11 is 0. The molecule has 1 aromatic heterocycles. The van der Waals surface area contributed by atoms with Crippen molar-refractivity contribution in [2.24, 2.45) is 0 Å². The number of likely N-dealkylation sites (N-methyl/N-ethyl adjacent to an activating group) is 1. The third-order valence-corrected chi connectivity index (χ3v) is 5.51. The quantitative estimate of drug-likeness (QED) is 0.945. The zero-order valence-electron chi connectivity index (χ0n) is 13.7. The lowest BCUT2D eigenvalue weighted by Crippen LogP contribution is -2.47. The van der Waals surface area contributed by atoms with Crippen molar-refractivity contribution in [1.82, 2.24) is 20.0 Å². The highest BCUT2D eigenvalue weighted by Crippen LogP contribution is 2.29. The van der Waals surface area contributed by atoms with Crippen molar-refractivity contribution in [3.05, 3.63) is 30.0 Å². The van der Waals surface area contributed by atoms with Gasteiger partial charge in [0.1, 0.15) is 0 Å². The smallest absolute Gasteiger partial charge is 0.228 e. The summed E-state index contributed by atoms with van der Waals surface area (Å²) in [5.74, 6) is 0.238. The molecule has 23 heavy (non-hydrogen) atoms. The van der Waals surface area contributed by atoms with E-state index in [0.717, 1.165) is 42.5 Å². The Morgan fingerprint density at radius 2 is 2.00 bits per heavy atom. The van der Waals surface area contributed by atoms with Gasteiger partial charge in [0.25, 0.3) is 0 Å². The van der Waals surface area contributed by atoms with Crippen molar-refractivity contribution in [2.45, 2.75) is 44.2 Å². The number of hydrogen-bond acceptors (Lipinski definition) is 3. The standard InChI is InChI=1S/C18H24N4O/c1-21-10-4-8-16(21)17-9-5-11-22(17)18(23)12-15-13-6-2-3-7-14(13)19-20-15/h2-3,6-7,16-17H,4-5,8-12H2,1H3,(H,19,20)/t16-,17-/m0/s1. The van der Waals surface area contributed by atoms with Crippen LogP contribution in [0.4, 0.5) is 0 Å². The number of H-pyrrole nitrogens is 1. The van der Waals surface area contributed by atoms with E-state index >= 15 is 0 Å². The summed E-state index contributed by atoms with van der Waals surface area (Å²) in [5, 5.41) is 8.42. The third-order valence-electron chi connectivity index (χ3n) is 5.51. The van der Waals surface area contributed by atoms with E-state index in [1.165, 1.54) is 12.8 Å². The van der Waals surface area contributed by atoms with Crippen LogP contribution in [0.1, 0.15) is 31.4 Å². The van der Waals surface area contributed by atoms with Crippen LogP contribution in [0, 0.1) is 0 Å². The molecule has 122 valence electrons. The summed E-state index contributed by atoms with van der Waals surface area (Å²) < 4.78 is 0. The number of carbonyl (C=O) groups excluding carboxylic acids is 1. The molecule has 0 radical (unpaired) electrons. The number of amides is 1. The summed E-state index contributed by atoms with van der Waals surface area (Å²) in [5.41, 5.74) is 1.87. The zero-order valence-corrected chi connectivity index (χ0v) is 13.7. The molecule has 0 saturated carbocycles. The maximum atomic E-state index is 12.9. The predicted octanol–water partition coefficient (Wildman–Crippen LogP) is 2.19. The van der Waals surface area contributed by atoms with E-state index < -0.39 is 0 Å². The minimum Gasteiger partial charge on any atom is -0.338 e. The van der Waals surface area contributed by atoms with Crippen LogP contribution in [0.2, 0.25) is 0 Å². The molecule has 2 saturated heterocycles. The topological polar surface area (TPSA) is 52.2 Å². The number of rotatable bonds is 3. The number of hydrogen-bond donors (Lipinski definition) is 1. The first-order valence-corrected chi connectivity index (χ1v) is 8.66. The summed E-state index contributed by atoms with van der Waals surface area (Å²) in [6, 6.07) is 8.92. The molecule has 3 heterocycles. The molecule has 2 aliphatic heterocycles. The Kier molecular flexibility index (Phi) is 3.81. The molecule has 2 atom stereocenters. The van der Waals surface area contributed by atoms with Crippen molar-refractivity contribution >= 4 is 16.8 Å². The summed E-state index contributed by atoms with van der Waals surface area (Å²) in [4.78, 5) is 17.4. The molecule has 0 bridgehead atoms. The van der Waals surface area contributed by atoms with Crippen molar-refractivity contribution in [3.8, 4) is 0 Å². The SMILES string of the molecule is CN1CCC[C@H]1[C@@H]1CCCN1C(=O)Cc1[nH]nc2ccccc12. The molecule has 0 unspecified atom stereocenters. The van der Waals surface area contributed by atoms with Gasteiger partial charge in [-0.1, -0.05) is 18.2 Å². The number of aromatic amines is 1. The van der Waals surface area contributed by atoms with Gasteiger partial charge >= 0.3 is 0 Å². The molecule has 2 aromatic rings. The number of nitrogens with one attached hydrogen (secondary N) is 1. The number of carbonyl (C=O) groups is 1. The summed E-state index contributed by atoms with van der Waals surface area (Å²) in [7, 11) is 2.20. The van der Waals surface area contributed by atoms with Crippen LogP contribution in [-0.4, -0.2) is 58.1 Å². The molecule has 0 aliphatic carbocycles. The van der Waals surface area contributed by atoms with E-state index in [-0.39, 0.29) is 5.91 Å². The van der Waals surface area contributed by atoms with Gasteiger partial charge in [0.15, 0.2) is 0 Å². The van der Waals surface area contributed by atoms with E-state index in [4.69, 9.17) is 0 Å². The molecule has 5 nitrogen and oxygen atoms in total. The fraction of sp³-hybridized carbons (Fsp3) is 0.556. The van der Waals surface area contributed by atoms with E-state index in [1.807, 2.05) is 24.3 Å². The van der Waals surface area contributed by atoms with Crippen LogP contribution < -0.4 is 0 Å². The van der Waals surface area contributed by atoms with Crippen LogP contribution in [0.15, 0.2) is 24.3 Å². The summed E-state index contributed by atoms with van der Waals surface area (Å²) in [6.07, 6.45) is 5.17. The molecular weight excluding hydrogens is 288 g/mol. The van der Waals surface area contributed by atoms with Crippen molar-refractivity contribution in [1.29, 1.82) is 0 Å². The minimum absolute atomic E-state index is 0.238. The van der Waals surface area contributed by atoms with Gasteiger partial charge < -0.3 is 9.80 Å². The Hall–Kier alpha value is -1.88. The molecule has 1 amide bonds. The maximum absolute atomic E-state index is 12.9. The Morgan fingerprint density at radius 3 is 2.83 bits per heavy atom. The van der Waals surface area contributed by atoms with Gasteiger partial charge in [0, 0.05) is 24.0 Å². The lowest BCUT2D eigenvalue weighted by Gasteiger charge is -2.33. The van der Waals surface area contributed by atoms with Crippen LogP contribution in [0.5, 0.6) is 0 Å². The van der Waals surface area contributed by atoms with Gasteiger partial charge in [0.05, 0.1) is 17.6 Å². The number of aromatic nitrogens is 2.